The molecule has 2 aromatic rings. The topological polar surface area (TPSA) is 74.5 Å². The van der Waals surface area contributed by atoms with Crippen molar-refractivity contribution < 1.29 is 9.90 Å². The van der Waals surface area contributed by atoms with Gasteiger partial charge in [0.1, 0.15) is 12.4 Å². The first-order valence-corrected chi connectivity index (χ1v) is 5.44. The summed E-state index contributed by atoms with van der Waals surface area (Å²) in [5.74, 6) is 0.0836. The number of phenols is 1. The number of hydrogen-bond acceptors (Lipinski definition) is 4. The molecular weight excluding hydrogens is 234 g/mol. The van der Waals surface area contributed by atoms with E-state index in [0.717, 1.165) is 0 Å². The maximum absolute atomic E-state index is 11.7. The summed E-state index contributed by atoms with van der Waals surface area (Å²) in [5, 5.41) is 17.4. The molecule has 1 heterocycles. The molecule has 0 saturated heterocycles. The Morgan fingerprint density at radius 1 is 1.39 bits per heavy atom. The van der Waals surface area contributed by atoms with Gasteiger partial charge in [-0.05, 0) is 12.1 Å². The Balaban J connectivity index is 2.28. The first kappa shape index (κ1) is 12.2. The first-order valence-electron chi connectivity index (χ1n) is 5.44. The number of carbonyl (C=O) groups is 1. The third-order valence-electron chi connectivity index (χ3n) is 2.58. The minimum Gasteiger partial charge on any atom is -0.506 e. The summed E-state index contributed by atoms with van der Waals surface area (Å²) in [4.78, 5) is 14.7. The minimum atomic E-state index is -0.126. The predicted molar refractivity (Wildman–Crippen MR) is 66.0 cm³/mol. The van der Waals surface area contributed by atoms with E-state index in [1.807, 2.05) is 0 Å². The van der Waals surface area contributed by atoms with Gasteiger partial charge in [-0.15, -0.1) is 5.10 Å². The Kier molecular flexibility index (Phi) is 3.05. The van der Waals surface area contributed by atoms with Gasteiger partial charge in [-0.3, -0.25) is 0 Å². The molecule has 0 fully saturated rings. The average molecular weight is 249 g/mol. The molecule has 2 rings (SSSR count). The van der Waals surface area contributed by atoms with E-state index >= 15 is 0 Å². The number of fused-ring (bicyclic) bond motifs is 1. The van der Waals surface area contributed by atoms with Crippen LogP contribution in [0.4, 0.5) is 4.79 Å². The maximum atomic E-state index is 11.7. The summed E-state index contributed by atoms with van der Waals surface area (Å²) < 4.78 is 1.57. The molecule has 0 radical (unpaired) electrons. The van der Waals surface area contributed by atoms with Crippen LogP contribution in [0, 0.1) is 0 Å². The molecule has 1 aromatic heterocycles. The molecule has 7 heteroatoms. The van der Waals surface area contributed by atoms with E-state index in [0.29, 0.717) is 11.0 Å². The van der Waals surface area contributed by atoms with Gasteiger partial charge in [-0.25, -0.2) is 9.48 Å². The second-order valence-corrected chi connectivity index (χ2v) is 4.25. The van der Waals surface area contributed by atoms with Crippen LogP contribution in [-0.2, 0) is 6.67 Å². The lowest BCUT2D eigenvalue weighted by molar-refractivity contribution is 0.167. The highest BCUT2D eigenvalue weighted by atomic mass is 16.3. The molecule has 0 aliphatic rings. The standard InChI is InChI=1S/C11H15N5O2/c1-14(2)11(18)15(3)7-16-8-5-4-6-9(17)10(8)12-13-16/h4-6,17H,7H2,1-3H3. The van der Waals surface area contributed by atoms with Crippen molar-refractivity contribution >= 4 is 17.1 Å². The number of benzene rings is 1. The smallest absolute Gasteiger partial charge is 0.320 e. The first-order chi connectivity index (χ1) is 8.50. The number of hydrogen-bond donors (Lipinski definition) is 1. The summed E-state index contributed by atoms with van der Waals surface area (Å²) in [7, 11) is 5.05. The van der Waals surface area contributed by atoms with Crippen molar-refractivity contribution in [1.29, 1.82) is 0 Å². The zero-order valence-electron chi connectivity index (χ0n) is 10.5. The van der Waals surface area contributed by atoms with Gasteiger partial charge in [0, 0.05) is 21.1 Å². The molecule has 0 bridgehead atoms. The van der Waals surface area contributed by atoms with Gasteiger partial charge in [0.05, 0.1) is 5.52 Å². The van der Waals surface area contributed by atoms with Gasteiger partial charge in [0.25, 0.3) is 0 Å². The van der Waals surface area contributed by atoms with Crippen molar-refractivity contribution in [3.05, 3.63) is 18.2 Å². The Bertz CT molecular complexity index is 578. The lowest BCUT2D eigenvalue weighted by Gasteiger charge is -2.21. The van der Waals surface area contributed by atoms with Crippen LogP contribution in [0.25, 0.3) is 11.0 Å². The fraction of sp³-hybridized carbons (Fsp3) is 0.364. The van der Waals surface area contributed by atoms with E-state index in [1.54, 1.807) is 44.0 Å². The van der Waals surface area contributed by atoms with E-state index in [2.05, 4.69) is 10.3 Å². The normalized spacial score (nSPS) is 10.6. The quantitative estimate of drug-likeness (QED) is 0.850. The van der Waals surface area contributed by atoms with Crippen LogP contribution < -0.4 is 0 Å². The van der Waals surface area contributed by atoms with E-state index in [-0.39, 0.29) is 18.4 Å². The van der Waals surface area contributed by atoms with Crippen LogP contribution >= 0.6 is 0 Å². The van der Waals surface area contributed by atoms with E-state index in [9.17, 15) is 9.90 Å². The molecule has 0 unspecified atom stereocenters. The van der Waals surface area contributed by atoms with Crippen molar-refractivity contribution in [1.82, 2.24) is 24.8 Å². The Hall–Kier alpha value is -2.31. The minimum absolute atomic E-state index is 0.0836. The summed E-state index contributed by atoms with van der Waals surface area (Å²) in [6.07, 6.45) is 0. The van der Waals surface area contributed by atoms with Gasteiger partial charge in [-0.2, -0.15) is 0 Å². The number of phenolic OH excluding ortho intramolecular Hbond substituents is 1. The number of rotatable bonds is 2. The number of aromatic nitrogens is 3. The third-order valence-corrected chi connectivity index (χ3v) is 2.58. The molecule has 0 saturated carbocycles. The molecule has 0 atom stereocenters. The monoisotopic (exact) mass is 249 g/mol. The molecule has 0 aliphatic carbocycles. The molecule has 96 valence electrons. The highest BCUT2D eigenvalue weighted by Gasteiger charge is 2.14. The number of carbonyl (C=O) groups excluding carboxylic acids is 1. The molecule has 18 heavy (non-hydrogen) atoms. The summed E-state index contributed by atoms with van der Waals surface area (Å²) in [6, 6.07) is 4.93. The summed E-state index contributed by atoms with van der Waals surface area (Å²) in [6.45, 7) is 0.275. The lowest BCUT2D eigenvalue weighted by atomic mass is 10.3. The third kappa shape index (κ3) is 2.06. The Morgan fingerprint density at radius 3 is 2.78 bits per heavy atom. The molecule has 7 nitrogen and oxygen atoms in total. The van der Waals surface area contributed by atoms with E-state index in [1.165, 1.54) is 9.80 Å². The fourth-order valence-corrected chi connectivity index (χ4v) is 1.68. The zero-order valence-corrected chi connectivity index (χ0v) is 10.5. The average Bonchev–Trinajstić information content (AvgIpc) is 2.73. The second kappa shape index (κ2) is 4.52. The van der Waals surface area contributed by atoms with E-state index in [4.69, 9.17) is 0 Å². The van der Waals surface area contributed by atoms with Crippen LogP contribution in [0.5, 0.6) is 5.75 Å². The van der Waals surface area contributed by atoms with Gasteiger partial charge in [0.15, 0.2) is 5.52 Å². The molecule has 1 N–H and O–H groups in total. The zero-order chi connectivity index (χ0) is 13.3. The molecule has 1 aromatic carbocycles. The highest BCUT2D eigenvalue weighted by Crippen LogP contribution is 2.21. The number of urea groups is 1. The number of amides is 2. The summed E-state index contributed by atoms with van der Waals surface area (Å²) in [5.41, 5.74) is 1.12. The lowest BCUT2D eigenvalue weighted by Crippen LogP contribution is -2.37. The van der Waals surface area contributed by atoms with Crippen molar-refractivity contribution in [2.75, 3.05) is 21.1 Å². The van der Waals surface area contributed by atoms with Gasteiger partial charge < -0.3 is 14.9 Å². The van der Waals surface area contributed by atoms with Crippen molar-refractivity contribution in [3.8, 4) is 5.75 Å². The maximum Gasteiger partial charge on any atom is 0.320 e. The van der Waals surface area contributed by atoms with Crippen LogP contribution in [0.2, 0.25) is 0 Å². The molecule has 2 amide bonds. The fourth-order valence-electron chi connectivity index (χ4n) is 1.68. The predicted octanol–water partition coefficient (Wildman–Crippen LogP) is 0.708. The Morgan fingerprint density at radius 2 is 2.11 bits per heavy atom. The second-order valence-electron chi connectivity index (χ2n) is 4.25. The van der Waals surface area contributed by atoms with Gasteiger partial charge in [-0.1, -0.05) is 11.3 Å². The van der Waals surface area contributed by atoms with Crippen LogP contribution in [0.15, 0.2) is 18.2 Å². The molecule has 0 spiro atoms. The largest absolute Gasteiger partial charge is 0.506 e. The van der Waals surface area contributed by atoms with Crippen LogP contribution in [-0.4, -0.2) is 57.1 Å². The van der Waals surface area contributed by atoms with Gasteiger partial charge >= 0.3 is 6.03 Å². The van der Waals surface area contributed by atoms with Crippen LogP contribution in [0.1, 0.15) is 0 Å². The number of aromatic hydroxyl groups is 1. The Labute approximate surface area is 104 Å². The molecule has 0 aliphatic heterocycles. The molecular formula is C11H15N5O2. The number of nitrogens with zero attached hydrogens (tertiary/aromatic N) is 5. The highest BCUT2D eigenvalue weighted by molar-refractivity contribution is 5.80. The van der Waals surface area contributed by atoms with Crippen molar-refractivity contribution in [3.63, 3.8) is 0 Å². The van der Waals surface area contributed by atoms with Crippen molar-refractivity contribution in [2.24, 2.45) is 0 Å². The van der Waals surface area contributed by atoms with E-state index < -0.39 is 0 Å². The van der Waals surface area contributed by atoms with Crippen LogP contribution in [0.3, 0.4) is 0 Å². The SMILES string of the molecule is CN(C)C(=O)N(C)Cn1nnc2c(O)cccc21. The van der Waals surface area contributed by atoms with Crippen molar-refractivity contribution in [2.45, 2.75) is 6.67 Å². The van der Waals surface area contributed by atoms with Gasteiger partial charge in [0.2, 0.25) is 0 Å². The summed E-state index contributed by atoms with van der Waals surface area (Å²) >= 11 is 0.